The van der Waals surface area contributed by atoms with E-state index < -0.39 is 66.8 Å². The van der Waals surface area contributed by atoms with E-state index in [4.69, 9.17) is 16.6 Å². The van der Waals surface area contributed by atoms with Crippen molar-refractivity contribution in [1.29, 1.82) is 0 Å². The molecule has 4 unspecified atom stereocenters. The van der Waals surface area contributed by atoms with E-state index in [1.807, 2.05) is 0 Å². The molecule has 0 saturated carbocycles. The minimum atomic E-state index is -1.42. The van der Waals surface area contributed by atoms with Crippen molar-refractivity contribution in [3.8, 4) is 0 Å². The maximum absolute atomic E-state index is 12.7. The van der Waals surface area contributed by atoms with E-state index in [0.29, 0.717) is 11.5 Å². The summed E-state index contributed by atoms with van der Waals surface area (Å²) < 4.78 is 0. The highest BCUT2D eigenvalue weighted by Gasteiger charge is 2.30. The Hall–Kier alpha value is -2.03. The molecule has 0 aliphatic rings. The van der Waals surface area contributed by atoms with Crippen molar-refractivity contribution >= 4 is 53.1 Å². The van der Waals surface area contributed by atoms with Gasteiger partial charge in [-0.05, 0) is 36.9 Å². The molecule has 4 atom stereocenters. The summed E-state index contributed by atoms with van der Waals surface area (Å²) in [4.78, 5) is 59.9. The lowest BCUT2D eigenvalue weighted by Crippen LogP contribution is -2.58. The van der Waals surface area contributed by atoms with Gasteiger partial charge in [-0.25, -0.2) is 4.79 Å². The minimum absolute atomic E-state index is 0.182. The number of carboxylic acids is 1. The molecule has 0 bridgehead atoms. The highest BCUT2D eigenvalue weighted by atomic mass is 32.2. The average Bonchev–Trinajstić information content (AvgIpc) is 2.71. The quantitative estimate of drug-likeness (QED) is 0.120. The third kappa shape index (κ3) is 11.8. The Morgan fingerprint density at radius 3 is 1.74 bits per heavy atom. The predicted molar refractivity (Wildman–Crippen MR) is 118 cm³/mol. The molecule has 0 aliphatic carbocycles. The number of carbonyl (C=O) groups is 5. The second kappa shape index (κ2) is 15.7. The average molecular weight is 482 g/mol. The Morgan fingerprint density at radius 1 is 0.839 bits per heavy atom. The summed E-state index contributed by atoms with van der Waals surface area (Å²) in [5, 5.41) is 25.3. The van der Waals surface area contributed by atoms with E-state index in [1.165, 1.54) is 23.5 Å². The fourth-order valence-electron chi connectivity index (χ4n) is 2.31. The number of carboxylic acid groups (broad SMARTS) is 1. The van der Waals surface area contributed by atoms with Crippen molar-refractivity contribution in [2.24, 2.45) is 11.5 Å². The Morgan fingerprint density at radius 2 is 1.29 bits per heavy atom. The van der Waals surface area contributed by atoms with Gasteiger partial charge < -0.3 is 37.6 Å². The van der Waals surface area contributed by atoms with Crippen molar-refractivity contribution in [3.63, 3.8) is 0 Å². The normalized spacial score (nSPS) is 14.6. The Bertz CT molecular complexity index is 638. The number of thioether (sulfide) groups is 2. The van der Waals surface area contributed by atoms with Gasteiger partial charge in [0.15, 0.2) is 0 Å². The molecule has 178 valence electrons. The van der Waals surface area contributed by atoms with Crippen LogP contribution in [0.2, 0.25) is 0 Å². The second-order valence-corrected chi connectivity index (χ2v) is 8.52. The number of nitrogens with two attached hydrogens (primary N) is 2. The summed E-state index contributed by atoms with van der Waals surface area (Å²) in [6.07, 6.45) is 3.42. The summed E-state index contributed by atoms with van der Waals surface area (Å²) in [5.41, 5.74) is 10.5. The standard InChI is InChI=1S/C17H31N5O7S2/c1-30-5-3-10(15(26)21-11(17(28)29)4-6-31-2)20-16(27)12(7-13(19)24)22-14(25)9(18)8-23/h9-12,23H,3-8,18H2,1-2H3,(H2,19,24)(H,20,27)(H,21,26)(H,22,25)(H,28,29). The molecule has 31 heavy (non-hydrogen) atoms. The van der Waals surface area contributed by atoms with Gasteiger partial charge in [0.05, 0.1) is 13.0 Å². The largest absolute Gasteiger partial charge is 0.480 e. The highest BCUT2D eigenvalue weighted by molar-refractivity contribution is 7.98. The number of primary amides is 1. The molecule has 0 aliphatic heterocycles. The Labute approximate surface area is 189 Å². The monoisotopic (exact) mass is 481 g/mol. The van der Waals surface area contributed by atoms with Crippen molar-refractivity contribution in [2.45, 2.75) is 43.4 Å². The minimum Gasteiger partial charge on any atom is -0.480 e. The molecule has 0 radical (unpaired) electrons. The molecule has 0 fully saturated rings. The van der Waals surface area contributed by atoms with Crippen LogP contribution in [0.3, 0.4) is 0 Å². The van der Waals surface area contributed by atoms with E-state index in [0.717, 1.165) is 0 Å². The van der Waals surface area contributed by atoms with Gasteiger partial charge in [0, 0.05) is 0 Å². The third-order valence-electron chi connectivity index (χ3n) is 4.04. The molecule has 14 heteroatoms. The van der Waals surface area contributed by atoms with E-state index in [9.17, 15) is 29.1 Å². The number of hydrogen-bond acceptors (Lipinski definition) is 9. The smallest absolute Gasteiger partial charge is 0.326 e. The zero-order chi connectivity index (χ0) is 24.0. The number of nitrogens with one attached hydrogen (secondary N) is 3. The van der Waals surface area contributed by atoms with E-state index in [1.54, 1.807) is 12.5 Å². The van der Waals surface area contributed by atoms with Crippen molar-refractivity contribution in [1.82, 2.24) is 16.0 Å². The molecule has 9 N–H and O–H groups in total. The third-order valence-corrected chi connectivity index (χ3v) is 5.33. The van der Waals surface area contributed by atoms with Gasteiger partial charge in [-0.1, -0.05) is 0 Å². The summed E-state index contributed by atoms with van der Waals surface area (Å²) in [5.74, 6) is -3.54. The molecule has 0 heterocycles. The Balaban J connectivity index is 5.38. The lowest BCUT2D eigenvalue weighted by molar-refractivity contribution is -0.142. The predicted octanol–water partition coefficient (Wildman–Crippen LogP) is -2.77. The molecule has 0 aromatic carbocycles. The van der Waals surface area contributed by atoms with Crippen LogP contribution >= 0.6 is 23.5 Å². The first-order valence-electron chi connectivity index (χ1n) is 9.33. The second-order valence-electron chi connectivity index (χ2n) is 6.54. The van der Waals surface area contributed by atoms with Crippen LogP contribution in [0.5, 0.6) is 0 Å². The van der Waals surface area contributed by atoms with Crippen LogP contribution < -0.4 is 27.4 Å². The Kier molecular flexibility index (Phi) is 14.7. The molecule has 0 aromatic heterocycles. The maximum atomic E-state index is 12.7. The van der Waals surface area contributed by atoms with Crippen molar-refractivity contribution in [3.05, 3.63) is 0 Å². The fourth-order valence-corrected chi connectivity index (χ4v) is 3.26. The van der Waals surface area contributed by atoms with Crippen LogP contribution in [0.1, 0.15) is 19.3 Å². The number of amides is 4. The zero-order valence-electron chi connectivity index (χ0n) is 17.5. The van der Waals surface area contributed by atoms with Crippen LogP contribution in [-0.4, -0.2) is 94.6 Å². The van der Waals surface area contributed by atoms with Gasteiger partial charge in [-0.2, -0.15) is 23.5 Å². The topological polar surface area (TPSA) is 214 Å². The molecule has 12 nitrogen and oxygen atoms in total. The first kappa shape index (κ1) is 29.0. The van der Waals surface area contributed by atoms with Gasteiger partial charge >= 0.3 is 5.97 Å². The first-order valence-corrected chi connectivity index (χ1v) is 12.1. The molecule has 0 aromatic rings. The van der Waals surface area contributed by atoms with E-state index in [-0.39, 0.29) is 12.8 Å². The van der Waals surface area contributed by atoms with Gasteiger partial charge in [-0.3, -0.25) is 19.2 Å². The van der Waals surface area contributed by atoms with Gasteiger partial charge in [0.1, 0.15) is 24.2 Å². The fraction of sp³-hybridized carbons (Fsp3) is 0.706. The van der Waals surface area contributed by atoms with Crippen LogP contribution in [-0.2, 0) is 24.0 Å². The zero-order valence-corrected chi connectivity index (χ0v) is 19.1. The molecule has 0 spiro atoms. The van der Waals surface area contributed by atoms with Crippen LogP contribution in [0.4, 0.5) is 0 Å². The lowest BCUT2D eigenvalue weighted by atomic mass is 10.1. The SMILES string of the molecule is CSCCC(NC(=O)C(CCSC)NC(=O)C(CC(N)=O)NC(=O)C(N)CO)C(=O)O. The van der Waals surface area contributed by atoms with Crippen molar-refractivity contribution < 1.29 is 34.2 Å². The number of rotatable bonds is 16. The molecular weight excluding hydrogens is 450 g/mol. The number of aliphatic carboxylic acids is 1. The van der Waals surface area contributed by atoms with Gasteiger partial charge in [0.25, 0.3) is 0 Å². The number of carbonyl (C=O) groups excluding carboxylic acids is 4. The highest BCUT2D eigenvalue weighted by Crippen LogP contribution is 2.06. The number of aliphatic hydroxyl groups is 1. The lowest BCUT2D eigenvalue weighted by Gasteiger charge is -2.24. The maximum Gasteiger partial charge on any atom is 0.326 e. The van der Waals surface area contributed by atoms with Crippen molar-refractivity contribution in [2.75, 3.05) is 30.6 Å². The van der Waals surface area contributed by atoms with E-state index in [2.05, 4.69) is 16.0 Å². The van der Waals surface area contributed by atoms with Crippen LogP contribution in [0, 0.1) is 0 Å². The van der Waals surface area contributed by atoms with E-state index >= 15 is 0 Å². The summed E-state index contributed by atoms with van der Waals surface area (Å²) >= 11 is 2.84. The van der Waals surface area contributed by atoms with Gasteiger partial charge in [0.2, 0.25) is 23.6 Å². The first-order chi connectivity index (χ1) is 14.6. The summed E-state index contributed by atoms with van der Waals surface area (Å²) in [6, 6.07) is -4.96. The molecule has 0 rings (SSSR count). The molecule has 0 saturated heterocycles. The number of hydrogen-bond donors (Lipinski definition) is 7. The molecular formula is C17H31N5O7S2. The van der Waals surface area contributed by atoms with Gasteiger partial charge in [-0.15, -0.1) is 0 Å². The summed E-state index contributed by atoms with van der Waals surface area (Å²) in [6.45, 7) is -0.678. The number of aliphatic hydroxyl groups excluding tert-OH is 1. The van der Waals surface area contributed by atoms with Crippen LogP contribution in [0.25, 0.3) is 0 Å². The molecule has 4 amide bonds. The van der Waals surface area contributed by atoms with Crippen LogP contribution in [0.15, 0.2) is 0 Å². The summed E-state index contributed by atoms with van der Waals surface area (Å²) in [7, 11) is 0.